The molecule has 3 aromatic carbocycles. The second kappa shape index (κ2) is 9.27. The zero-order valence-corrected chi connectivity index (χ0v) is 18.8. The van der Waals surface area contributed by atoms with E-state index in [1.54, 1.807) is 0 Å². The molecule has 6 nitrogen and oxygen atoms in total. The Kier molecular flexibility index (Phi) is 5.87. The zero-order chi connectivity index (χ0) is 23.5. The van der Waals surface area contributed by atoms with Crippen molar-refractivity contribution >= 4 is 16.9 Å². The normalized spacial score (nSPS) is 11.1. The van der Waals surface area contributed by atoms with Gasteiger partial charge in [0.1, 0.15) is 12.4 Å². The summed E-state index contributed by atoms with van der Waals surface area (Å²) in [5, 5.41) is 14.3. The first kappa shape index (κ1) is 21.5. The molecule has 6 heteroatoms. The Morgan fingerprint density at radius 1 is 1.00 bits per heavy atom. The monoisotopic (exact) mass is 452 g/mol. The Bertz CT molecular complexity index is 1450. The van der Waals surface area contributed by atoms with Crippen molar-refractivity contribution < 1.29 is 19.2 Å². The zero-order valence-electron chi connectivity index (χ0n) is 18.8. The van der Waals surface area contributed by atoms with E-state index in [0.717, 1.165) is 44.6 Å². The largest absolute Gasteiger partial charge is 0.489 e. The van der Waals surface area contributed by atoms with Crippen molar-refractivity contribution in [1.82, 2.24) is 9.72 Å². The molecule has 2 heterocycles. The lowest BCUT2D eigenvalue weighted by Crippen LogP contribution is -2.00. The second-order valence-electron chi connectivity index (χ2n) is 8.34. The number of aryl methyl sites for hydroxylation is 1. The molecule has 0 aliphatic carbocycles. The van der Waals surface area contributed by atoms with Crippen LogP contribution in [0.4, 0.5) is 0 Å². The molecular formula is C28H24N2O4. The Morgan fingerprint density at radius 3 is 2.59 bits per heavy atom. The molecule has 0 unspecified atom stereocenters. The summed E-state index contributed by atoms with van der Waals surface area (Å²) in [6.45, 7) is 2.95. The number of rotatable bonds is 8. The maximum atomic E-state index is 11.5. The van der Waals surface area contributed by atoms with Crippen molar-refractivity contribution in [2.45, 2.75) is 26.5 Å². The van der Waals surface area contributed by atoms with Crippen molar-refractivity contribution in [1.29, 1.82) is 0 Å². The van der Waals surface area contributed by atoms with E-state index < -0.39 is 5.97 Å². The number of fused-ring (bicyclic) bond motifs is 1. The molecule has 5 aromatic rings. The lowest BCUT2D eigenvalue weighted by atomic mass is 10.1. The number of aliphatic carboxylic acids is 1. The number of benzene rings is 3. The Labute approximate surface area is 197 Å². The molecule has 0 bridgehead atoms. The summed E-state index contributed by atoms with van der Waals surface area (Å²) in [5.74, 6) is 0.573. The minimum Gasteiger partial charge on any atom is -0.489 e. The van der Waals surface area contributed by atoms with Crippen LogP contribution < -0.4 is 4.74 Å². The first-order valence-electron chi connectivity index (χ1n) is 11.1. The topological polar surface area (TPSA) is 77.5 Å². The van der Waals surface area contributed by atoms with Gasteiger partial charge < -0.3 is 18.9 Å². The van der Waals surface area contributed by atoms with Crippen LogP contribution in [0.1, 0.15) is 22.4 Å². The third kappa shape index (κ3) is 4.71. The highest BCUT2D eigenvalue weighted by Crippen LogP contribution is 2.29. The van der Waals surface area contributed by atoms with Gasteiger partial charge in [0.05, 0.1) is 12.1 Å². The Hall–Kier alpha value is -4.32. The van der Waals surface area contributed by atoms with Crippen molar-refractivity contribution in [2.24, 2.45) is 0 Å². The first-order chi connectivity index (χ1) is 16.5. The summed E-state index contributed by atoms with van der Waals surface area (Å²) < 4.78 is 13.5. The summed E-state index contributed by atoms with van der Waals surface area (Å²) in [6, 6.07) is 25.8. The summed E-state index contributed by atoms with van der Waals surface area (Å²) in [7, 11) is 0. The van der Waals surface area contributed by atoms with E-state index in [4.69, 9.17) is 9.26 Å². The number of ether oxygens (including phenoxy) is 1. The van der Waals surface area contributed by atoms with Gasteiger partial charge >= 0.3 is 5.97 Å². The standard InChI is InChI=1S/C28H24N2O4/c1-19-12-27(34-29-19)22-9-5-8-21(13-22)16-30-17-23(14-28(31)32)25-15-24(10-11-26(25)30)33-18-20-6-3-2-4-7-20/h2-13,15,17H,14,16,18H2,1H3,(H,31,32). The summed E-state index contributed by atoms with van der Waals surface area (Å²) in [6.07, 6.45) is 1.87. The third-order valence-corrected chi connectivity index (χ3v) is 5.72. The summed E-state index contributed by atoms with van der Waals surface area (Å²) >= 11 is 0. The highest BCUT2D eigenvalue weighted by Gasteiger charge is 2.14. The van der Waals surface area contributed by atoms with Crippen molar-refractivity contribution in [3.05, 3.63) is 107 Å². The van der Waals surface area contributed by atoms with Crippen LogP contribution in [-0.2, 0) is 24.4 Å². The van der Waals surface area contributed by atoms with Gasteiger partial charge in [0.15, 0.2) is 5.76 Å². The van der Waals surface area contributed by atoms with E-state index in [2.05, 4.69) is 15.8 Å². The van der Waals surface area contributed by atoms with Gasteiger partial charge in [-0.3, -0.25) is 4.79 Å². The molecule has 0 saturated carbocycles. The summed E-state index contributed by atoms with van der Waals surface area (Å²) in [5.41, 5.74) is 5.67. The molecule has 0 aliphatic rings. The third-order valence-electron chi connectivity index (χ3n) is 5.72. The predicted octanol–water partition coefficient (Wildman–Crippen LogP) is 5.86. The highest BCUT2D eigenvalue weighted by molar-refractivity contribution is 5.88. The van der Waals surface area contributed by atoms with Crippen molar-refractivity contribution in [2.75, 3.05) is 0 Å². The lowest BCUT2D eigenvalue weighted by molar-refractivity contribution is -0.136. The smallest absolute Gasteiger partial charge is 0.307 e. The van der Waals surface area contributed by atoms with E-state index in [1.807, 2.05) is 85.9 Å². The van der Waals surface area contributed by atoms with Crippen LogP contribution in [-0.4, -0.2) is 20.8 Å². The maximum absolute atomic E-state index is 11.5. The fourth-order valence-electron chi connectivity index (χ4n) is 4.13. The molecule has 5 rings (SSSR count). The van der Waals surface area contributed by atoms with Crippen LogP contribution in [0.15, 0.2) is 89.6 Å². The molecule has 2 aromatic heterocycles. The number of carboxylic acid groups (broad SMARTS) is 1. The molecule has 170 valence electrons. The number of hydrogen-bond acceptors (Lipinski definition) is 4. The molecule has 0 atom stereocenters. The average molecular weight is 453 g/mol. The van der Waals surface area contributed by atoms with Crippen LogP contribution in [0.25, 0.3) is 22.2 Å². The van der Waals surface area contributed by atoms with E-state index in [0.29, 0.717) is 18.9 Å². The van der Waals surface area contributed by atoms with Crippen LogP contribution in [0.2, 0.25) is 0 Å². The van der Waals surface area contributed by atoms with Gasteiger partial charge in [-0.05, 0) is 47.9 Å². The molecule has 0 fully saturated rings. The SMILES string of the molecule is Cc1cc(-c2cccc(Cn3cc(CC(=O)O)c4cc(OCc5ccccc5)ccc43)c2)on1. The van der Waals surface area contributed by atoms with E-state index in [1.165, 1.54) is 0 Å². The van der Waals surface area contributed by atoms with Gasteiger partial charge in [0.2, 0.25) is 0 Å². The molecular weight excluding hydrogens is 428 g/mol. The van der Waals surface area contributed by atoms with Gasteiger partial charge in [0.25, 0.3) is 0 Å². The molecule has 0 aliphatic heterocycles. The molecule has 0 saturated heterocycles. The lowest BCUT2D eigenvalue weighted by Gasteiger charge is -2.09. The van der Waals surface area contributed by atoms with Gasteiger partial charge in [-0.2, -0.15) is 0 Å². The van der Waals surface area contributed by atoms with Gasteiger partial charge in [-0.1, -0.05) is 53.7 Å². The van der Waals surface area contributed by atoms with Gasteiger partial charge in [0, 0.05) is 35.3 Å². The van der Waals surface area contributed by atoms with Crippen LogP contribution in [0.3, 0.4) is 0 Å². The first-order valence-corrected chi connectivity index (χ1v) is 11.1. The van der Waals surface area contributed by atoms with E-state index in [-0.39, 0.29) is 6.42 Å². The highest BCUT2D eigenvalue weighted by atomic mass is 16.5. The summed E-state index contributed by atoms with van der Waals surface area (Å²) in [4.78, 5) is 11.5. The van der Waals surface area contributed by atoms with E-state index >= 15 is 0 Å². The molecule has 34 heavy (non-hydrogen) atoms. The molecule has 0 radical (unpaired) electrons. The fraction of sp³-hybridized carbons (Fsp3) is 0.143. The van der Waals surface area contributed by atoms with Crippen molar-refractivity contribution in [3.63, 3.8) is 0 Å². The second-order valence-corrected chi connectivity index (χ2v) is 8.34. The Morgan fingerprint density at radius 2 is 1.82 bits per heavy atom. The quantitative estimate of drug-likeness (QED) is 0.319. The van der Waals surface area contributed by atoms with Gasteiger partial charge in [-0.15, -0.1) is 0 Å². The average Bonchev–Trinajstić information content (AvgIpc) is 3.42. The number of nitrogens with zero attached hydrogens (tertiary/aromatic N) is 2. The van der Waals surface area contributed by atoms with E-state index in [9.17, 15) is 9.90 Å². The number of carboxylic acids is 1. The van der Waals surface area contributed by atoms with Crippen LogP contribution in [0, 0.1) is 6.92 Å². The molecule has 0 amide bonds. The minimum absolute atomic E-state index is 0.0526. The molecule has 0 spiro atoms. The van der Waals surface area contributed by atoms with Crippen molar-refractivity contribution in [3.8, 4) is 17.1 Å². The maximum Gasteiger partial charge on any atom is 0.307 e. The van der Waals surface area contributed by atoms with Crippen LogP contribution in [0.5, 0.6) is 5.75 Å². The number of carbonyl (C=O) groups is 1. The number of hydrogen-bond donors (Lipinski definition) is 1. The molecule has 1 N–H and O–H groups in total. The minimum atomic E-state index is -0.864. The number of aromatic nitrogens is 2. The fourth-order valence-corrected chi connectivity index (χ4v) is 4.13. The van der Waals surface area contributed by atoms with Gasteiger partial charge in [-0.25, -0.2) is 0 Å². The predicted molar refractivity (Wildman–Crippen MR) is 130 cm³/mol. The van der Waals surface area contributed by atoms with Crippen LogP contribution >= 0.6 is 0 Å². The Balaban J connectivity index is 1.44.